The second-order valence-electron chi connectivity index (χ2n) is 10.3. The summed E-state index contributed by atoms with van der Waals surface area (Å²) >= 11 is 0. The van der Waals surface area contributed by atoms with E-state index in [-0.39, 0.29) is 56.9 Å². The number of nitrogens with one attached hydrogen (secondary N) is 3. The van der Waals surface area contributed by atoms with E-state index in [1.165, 1.54) is 0 Å². The first-order valence-electron chi connectivity index (χ1n) is 14.0. The number of amides is 3. The summed E-state index contributed by atoms with van der Waals surface area (Å²) in [7, 11) is 0. The van der Waals surface area contributed by atoms with E-state index in [2.05, 4.69) is 28.1 Å². The summed E-state index contributed by atoms with van der Waals surface area (Å²) in [5.74, 6) is -1.99. The topological polar surface area (TPSA) is 143 Å². The number of esters is 1. The maximum absolute atomic E-state index is 12.8. The van der Waals surface area contributed by atoms with Crippen LogP contribution >= 0.6 is 0 Å². The number of allylic oxidation sites excluding steroid dienone is 2. The van der Waals surface area contributed by atoms with Crippen molar-refractivity contribution >= 4 is 23.9 Å². The summed E-state index contributed by atoms with van der Waals surface area (Å²) in [6.45, 7) is 1.58. The highest BCUT2D eigenvalue weighted by Crippen LogP contribution is 2.44. The van der Waals surface area contributed by atoms with Crippen molar-refractivity contribution in [3.63, 3.8) is 0 Å². The van der Waals surface area contributed by atoms with Crippen LogP contribution in [0.4, 0.5) is 4.79 Å². The molecule has 0 radical (unpaired) electrons. The van der Waals surface area contributed by atoms with Crippen LogP contribution in [0.15, 0.2) is 60.7 Å². The van der Waals surface area contributed by atoms with Crippen molar-refractivity contribution in [1.82, 2.24) is 16.0 Å². The van der Waals surface area contributed by atoms with Crippen LogP contribution in [0.3, 0.4) is 0 Å². The molecule has 218 valence electrons. The predicted octanol–water partition coefficient (Wildman–Crippen LogP) is 2.80. The minimum absolute atomic E-state index is 0.0355. The van der Waals surface area contributed by atoms with E-state index in [0.29, 0.717) is 12.8 Å². The number of aliphatic hydroxyl groups is 1. The van der Waals surface area contributed by atoms with E-state index in [9.17, 15) is 19.2 Å². The van der Waals surface area contributed by atoms with Crippen LogP contribution < -0.4 is 16.0 Å². The maximum Gasteiger partial charge on any atom is 0.407 e. The standard InChI is InChI=1S/C31H37N3O7/c1-20(18-35)33-28(36)17-21-9-3-2-4-14-27(30(38)40-16-15-32-29(21)37)34-31(39)41-19-26-24-12-7-5-10-22(24)23-11-6-8-13-25(23)26/h2-3,5-8,10-13,20-21,26-27,35H,4,9,14-19H2,1H3,(H,32,37)(H,33,36)(H,34,39). The van der Waals surface area contributed by atoms with Gasteiger partial charge in [0, 0.05) is 18.4 Å². The smallest absolute Gasteiger partial charge is 0.407 e. The molecule has 0 saturated carbocycles. The molecule has 4 rings (SSSR count). The average Bonchev–Trinajstić information content (AvgIpc) is 3.30. The lowest BCUT2D eigenvalue weighted by Gasteiger charge is -2.19. The number of cyclic esters (lactones) is 1. The van der Waals surface area contributed by atoms with Crippen LogP contribution in [0.2, 0.25) is 0 Å². The highest BCUT2D eigenvalue weighted by Gasteiger charge is 2.30. The summed E-state index contributed by atoms with van der Waals surface area (Å²) in [5.41, 5.74) is 4.43. The lowest BCUT2D eigenvalue weighted by Crippen LogP contribution is -2.43. The van der Waals surface area contributed by atoms with Gasteiger partial charge in [0.1, 0.15) is 19.3 Å². The molecule has 0 saturated heterocycles. The van der Waals surface area contributed by atoms with Gasteiger partial charge in [0.25, 0.3) is 0 Å². The molecule has 3 atom stereocenters. The fourth-order valence-corrected chi connectivity index (χ4v) is 5.13. The van der Waals surface area contributed by atoms with Crippen LogP contribution in [0.5, 0.6) is 0 Å². The first kappa shape index (κ1) is 29.8. The molecule has 0 fully saturated rings. The summed E-state index contributed by atoms with van der Waals surface area (Å²) in [6, 6.07) is 14.8. The van der Waals surface area contributed by atoms with E-state index in [0.717, 1.165) is 22.3 Å². The quantitative estimate of drug-likeness (QED) is 0.300. The summed E-state index contributed by atoms with van der Waals surface area (Å²) < 4.78 is 10.9. The Morgan fingerprint density at radius 3 is 2.44 bits per heavy atom. The number of hydrogen-bond donors (Lipinski definition) is 4. The molecule has 0 spiro atoms. The fraction of sp³-hybridized carbons (Fsp3) is 0.419. The van der Waals surface area contributed by atoms with E-state index in [1.54, 1.807) is 13.0 Å². The second kappa shape index (κ2) is 14.5. The number of benzene rings is 2. The van der Waals surface area contributed by atoms with Crippen molar-refractivity contribution in [2.24, 2.45) is 5.92 Å². The van der Waals surface area contributed by atoms with Crippen LogP contribution in [-0.2, 0) is 23.9 Å². The second-order valence-corrected chi connectivity index (χ2v) is 10.3. The van der Waals surface area contributed by atoms with Gasteiger partial charge in [-0.05, 0) is 48.4 Å². The molecular formula is C31H37N3O7. The summed E-state index contributed by atoms with van der Waals surface area (Å²) in [6.07, 6.45) is 3.90. The number of ether oxygens (including phenoxy) is 2. The largest absolute Gasteiger partial charge is 0.462 e. The Kier molecular flexibility index (Phi) is 10.5. The maximum atomic E-state index is 12.8. The predicted molar refractivity (Wildman–Crippen MR) is 152 cm³/mol. The number of hydrogen-bond acceptors (Lipinski definition) is 7. The number of carbonyl (C=O) groups excluding carboxylic acids is 4. The van der Waals surface area contributed by atoms with Crippen molar-refractivity contribution in [3.8, 4) is 11.1 Å². The molecule has 10 heteroatoms. The lowest BCUT2D eigenvalue weighted by molar-refractivity contribution is -0.146. The third-order valence-corrected chi connectivity index (χ3v) is 7.26. The first-order valence-corrected chi connectivity index (χ1v) is 14.0. The zero-order valence-electron chi connectivity index (χ0n) is 23.1. The lowest BCUT2D eigenvalue weighted by atomic mass is 9.98. The molecule has 1 aliphatic carbocycles. The zero-order chi connectivity index (χ0) is 29.2. The van der Waals surface area contributed by atoms with Crippen LogP contribution in [0.25, 0.3) is 11.1 Å². The van der Waals surface area contributed by atoms with Crippen molar-refractivity contribution in [2.75, 3.05) is 26.4 Å². The molecule has 0 bridgehead atoms. The molecule has 1 aliphatic heterocycles. The van der Waals surface area contributed by atoms with Gasteiger partial charge in [0.15, 0.2) is 0 Å². The Morgan fingerprint density at radius 2 is 1.76 bits per heavy atom. The highest BCUT2D eigenvalue weighted by atomic mass is 16.6. The molecule has 41 heavy (non-hydrogen) atoms. The van der Waals surface area contributed by atoms with Gasteiger partial charge in [-0.15, -0.1) is 0 Å². The van der Waals surface area contributed by atoms with Crippen LogP contribution in [0.1, 0.15) is 49.7 Å². The molecule has 2 aromatic carbocycles. The van der Waals surface area contributed by atoms with E-state index in [1.807, 2.05) is 42.5 Å². The molecule has 3 unspecified atom stereocenters. The minimum atomic E-state index is -0.923. The normalized spacial score (nSPS) is 20.1. The molecular weight excluding hydrogens is 526 g/mol. The van der Waals surface area contributed by atoms with Crippen molar-refractivity contribution < 1.29 is 33.8 Å². The Morgan fingerprint density at radius 1 is 1.07 bits per heavy atom. The van der Waals surface area contributed by atoms with E-state index in [4.69, 9.17) is 14.6 Å². The number of carbonyl (C=O) groups is 4. The number of rotatable bonds is 7. The van der Waals surface area contributed by atoms with Gasteiger partial charge in [-0.25, -0.2) is 9.59 Å². The van der Waals surface area contributed by atoms with Gasteiger partial charge in [-0.2, -0.15) is 0 Å². The van der Waals surface area contributed by atoms with Crippen molar-refractivity contribution in [1.29, 1.82) is 0 Å². The van der Waals surface area contributed by atoms with Crippen molar-refractivity contribution in [2.45, 2.75) is 50.6 Å². The number of alkyl carbamates (subject to hydrolysis) is 1. The Balaban J connectivity index is 1.33. The number of aliphatic hydroxyl groups excluding tert-OH is 1. The van der Waals surface area contributed by atoms with Crippen molar-refractivity contribution in [3.05, 3.63) is 71.8 Å². The van der Waals surface area contributed by atoms with Gasteiger partial charge in [-0.1, -0.05) is 60.7 Å². The fourth-order valence-electron chi connectivity index (χ4n) is 5.13. The third kappa shape index (κ3) is 7.94. The minimum Gasteiger partial charge on any atom is -0.462 e. The average molecular weight is 564 g/mol. The molecule has 3 amide bonds. The summed E-state index contributed by atoms with van der Waals surface area (Å²) in [4.78, 5) is 50.4. The molecule has 10 nitrogen and oxygen atoms in total. The third-order valence-electron chi connectivity index (χ3n) is 7.26. The van der Waals surface area contributed by atoms with Gasteiger partial charge in [0.05, 0.1) is 19.1 Å². The molecule has 2 aromatic rings. The first-order chi connectivity index (χ1) is 19.9. The van der Waals surface area contributed by atoms with E-state index < -0.39 is 30.1 Å². The molecule has 2 aliphatic rings. The van der Waals surface area contributed by atoms with Crippen LogP contribution in [0, 0.1) is 5.92 Å². The molecule has 0 aromatic heterocycles. The summed E-state index contributed by atoms with van der Waals surface area (Å²) in [5, 5.41) is 17.1. The van der Waals surface area contributed by atoms with Gasteiger partial charge >= 0.3 is 12.1 Å². The number of fused-ring (bicyclic) bond motifs is 3. The van der Waals surface area contributed by atoms with Gasteiger partial charge in [-0.3, -0.25) is 9.59 Å². The Bertz CT molecular complexity index is 1230. The van der Waals surface area contributed by atoms with Gasteiger partial charge in [0.2, 0.25) is 11.8 Å². The molecule has 4 N–H and O–H groups in total. The molecule has 1 heterocycles. The Labute approximate surface area is 239 Å². The zero-order valence-corrected chi connectivity index (χ0v) is 23.1. The Hall–Kier alpha value is -4.18. The van der Waals surface area contributed by atoms with E-state index >= 15 is 0 Å². The van der Waals surface area contributed by atoms with Gasteiger partial charge < -0.3 is 30.5 Å². The van der Waals surface area contributed by atoms with Crippen LogP contribution in [-0.4, -0.2) is 67.4 Å². The SMILES string of the molecule is CC(CO)NC(=O)CC1CC=CCCC(NC(=O)OCC2c3ccccc3-c3ccccc32)C(=O)OCCNC1=O. The monoisotopic (exact) mass is 563 g/mol. The highest BCUT2D eigenvalue weighted by molar-refractivity contribution is 5.86.